The first-order valence-electron chi connectivity index (χ1n) is 8.76. The van der Waals surface area contributed by atoms with Crippen LogP contribution in [-0.2, 0) is 17.8 Å². The zero-order chi connectivity index (χ0) is 20.0. The van der Waals surface area contributed by atoms with E-state index in [0.717, 1.165) is 10.4 Å². The lowest BCUT2D eigenvalue weighted by Crippen LogP contribution is -2.39. The lowest BCUT2D eigenvalue weighted by atomic mass is 10.0. The number of halogens is 1. The number of carbonyl (C=O) groups excluding carboxylic acids is 3. The smallest absolute Gasteiger partial charge is 0.289 e. The quantitative estimate of drug-likeness (QED) is 0.809. The minimum Gasteiger partial charge on any atom is -0.440 e. The third-order valence-electron chi connectivity index (χ3n) is 4.91. The Kier molecular flexibility index (Phi) is 4.90. The van der Waals surface area contributed by atoms with Crippen LogP contribution in [-0.4, -0.2) is 65.9 Å². The van der Waals surface area contributed by atoms with Crippen LogP contribution in [0.25, 0.3) is 0 Å². The number of amides is 3. The molecule has 2 aliphatic rings. The van der Waals surface area contributed by atoms with Gasteiger partial charge in [-0.15, -0.1) is 11.3 Å². The van der Waals surface area contributed by atoms with Crippen LogP contribution >= 0.6 is 22.9 Å². The molecule has 4 rings (SSSR count). The van der Waals surface area contributed by atoms with Crippen molar-refractivity contribution in [2.45, 2.75) is 13.0 Å². The highest BCUT2D eigenvalue weighted by Gasteiger charge is 2.37. The van der Waals surface area contributed by atoms with Crippen LogP contribution in [0.1, 0.15) is 31.4 Å². The number of nitrogens with zero attached hydrogens (tertiary/aromatic N) is 3. The Morgan fingerprint density at radius 2 is 2.11 bits per heavy atom. The maximum Gasteiger partial charge on any atom is 0.289 e. The van der Waals surface area contributed by atoms with E-state index < -0.39 is 0 Å². The summed E-state index contributed by atoms with van der Waals surface area (Å²) in [4.78, 5) is 43.4. The Labute approximate surface area is 169 Å². The molecule has 8 nitrogen and oxygen atoms in total. The summed E-state index contributed by atoms with van der Waals surface area (Å²) in [6, 6.07) is 3.05. The molecule has 0 radical (unpaired) electrons. The molecule has 0 aliphatic carbocycles. The van der Waals surface area contributed by atoms with Crippen LogP contribution in [0.5, 0.6) is 0 Å². The fourth-order valence-corrected chi connectivity index (χ4v) is 5.09. The molecule has 0 atom stereocenters. The van der Waals surface area contributed by atoms with Gasteiger partial charge in [-0.25, -0.2) is 0 Å². The zero-order valence-corrected chi connectivity index (χ0v) is 16.7. The maximum absolute atomic E-state index is 12.9. The molecule has 2 aromatic heterocycles. The molecule has 1 N–H and O–H groups in total. The Balaban J connectivity index is 1.70. The summed E-state index contributed by atoms with van der Waals surface area (Å²) in [5.74, 6) is -0.549. The molecule has 148 valence electrons. The second-order valence-electron chi connectivity index (χ2n) is 6.69. The first kappa shape index (κ1) is 19.0. The largest absolute Gasteiger partial charge is 0.440 e. The standard InChI is InChI=1S/C18H18ClN3O5S/c1-20-9-14(24)22(6-7-23)18-15(17(20)26)10-4-5-21(8-12(10)28-18)16(25)11-2-3-13(19)27-11/h2-3,23H,4-9H2,1H3. The minimum absolute atomic E-state index is 0.0289. The van der Waals surface area contributed by atoms with Gasteiger partial charge in [0.25, 0.3) is 11.8 Å². The topological polar surface area (TPSA) is 94.3 Å². The second-order valence-corrected chi connectivity index (χ2v) is 8.15. The molecular formula is C18H18ClN3O5S. The normalized spacial score (nSPS) is 16.9. The van der Waals surface area contributed by atoms with Gasteiger partial charge in [0.05, 0.1) is 18.7 Å². The SMILES string of the molecule is CN1CC(=O)N(CCO)c2sc3c(c2C1=O)CCN(C(=O)c1ccc(Cl)o1)C3. The number of hydrogen-bond acceptors (Lipinski definition) is 6. The van der Waals surface area contributed by atoms with Gasteiger partial charge in [0.15, 0.2) is 11.0 Å². The van der Waals surface area contributed by atoms with E-state index in [1.165, 1.54) is 33.3 Å². The number of aliphatic hydroxyl groups is 1. The van der Waals surface area contributed by atoms with Crippen molar-refractivity contribution in [3.63, 3.8) is 0 Å². The van der Waals surface area contributed by atoms with Crippen molar-refractivity contribution in [1.82, 2.24) is 9.80 Å². The van der Waals surface area contributed by atoms with Crippen LogP contribution in [0.15, 0.2) is 16.5 Å². The molecule has 0 bridgehead atoms. The summed E-state index contributed by atoms with van der Waals surface area (Å²) in [5.41, 5.74) is 1.38. The summed E-state index contributed by atoms with van der Waals surface area (Å²) in [7, 11) is 1.59. The van der Waals surface area contributed by atoms with E-state index in [1.54, 1.807) is 11.9 Å². The van der Waals surface area contributed by atoms with Crippen molar-refractivity contribution < 1.29 is 23.9 Å². The van der Waals surface area contributed by atoms with Crippen LogP contribution in [0.4, 0.5) is 5.00 Å². The van der Waals surface area contributed by atoms with Gasteiger partial charge >= 0.3 is 0 Å². The van der Waals surface area contributed by atoms with E-state index in [4.69, 9.17) is 16.0 Å². The monoisotopic (exact) mass is 423 g/mol. The summed E-state index contributed by atoms with van der Waals surface area (Å²) in [6.45, 7) is 0.648. The number of β-amino-alcohol motifs (C(OH)–C–C–N with tert-alkyl or cyclic N) is 1. The maximum atomic E-state index is 12.9. The number of furan rings is 1. The van der Waals surface area contributed by atoms with E-state index in [9.17, 15) is 19.5 Å². The minimum atomic E-state index is -0.270. The summed E-state index contributed by atoms with van der Waals surface area (Å²) >= 11 is 7.09. The average Bonchev–Trinajstić information content (AvgIpc) is 3.25. The highest BCUT2D eigenvalue weighted by molar-refractivity contribution is 7.17. The number of hydrogen-bond donors (Lipinski definition) is 1. The number of fused-ring (bicyclic) bond motifs is 3. The van der Waals surface area contributed by atoms with Crippen LogP contribution in [0.2, 0.25) is 5.22 Å². The predicted molar refractivity (Wildman–Crippen MR) is 103 cm³/mol. The average molecular weight is 424 g/mol. The molecule has 10 heteroatoms. The van der Waals surface area contributed by atoms with Crippen molar-refractivity contribution in [1.29, 1.82) is 0 Å². The number of rotatable bonds is 3. The molecule has 0 saturated heterocycles. The predicted octanol–water partition coefficient (Wildman–Crippen LogP) is 1.60. The van der Waals surface area contributed by atoms with Crippen LogP contribution < -0.4 is 4.90 Å². The molecule has 0 unspecified atom stereocenters. The third-order valence-corrected chi connectivity index (χ3v) is 6.36. The Hall–Kier alpha value is -2.36. The molecule has 0 saturated carbocycles. The van der Waals surface area contributed by atoms with Gasteiger partial charge in [-0.1, -0.05) is 0 Å². The van der Waals surface area contributed by atoms with Crippen LogP contribution in [0.3, 0.4) is 0 Å². The van der Waals surface area contributed by atoms with Gasteiger partial charge in [-0.3, -0.25) is 19.3 Å². The zero-order valence-electron chi connectivity index (χ0n) is 15.1. The van der Waals surface area contributed by atoms with Crippen molar-refractivity contribution >= 4 is 45.7 Å². The molecular weight excluding hydrogens is 406 g/mol. The van der Waals surface area contributed by atoms with E-state index in [-0.39, 0.29) is 48.4 Å². The van der Waals surface area contributed by atoms with Gasteiger partial charge in [0.1, 0.15) is 11.5 Å². The molecule has 28 heavy (non-hydrogen) atoms. The fraction of sp³-hybridized carbons (Fsp3) is 0.389. The van der Waals surface area contributed by atoms with E-state index in [2.05, 4.69) is 0 Å². The van der Waals surface area contributed by atoms with E-state index >= 15 is 0 Å². The number of carbonyl (C=O) groups is 3. The van der Waals surface area contributed by atoms with Gasteiger partial charge < -0.3 is 19.3 Å². The Morgan fingerprint density at radius 3 is 2.79 bits per heavy atom. The number of anilines is 1. The highest BCUT2D eigenvalue weighted by Crippen LogP contribution is 2.41. The molecule has 0 spiro atoms. The summed E-state index contributed by atoms with van der Waals surface area (Å²) in [5, 5.41) is 10.1. The number of thiophene rings is 1. The first-order valence-corrected chi connectivity index (χ1v) is 9.96. The first-order chi connectivity index (χ1) is 13.4. The number of aliphatic hydroxyl groups excluding tert-OH is 1. The van der Waals surface area contributed by atoms with Crippen LogP contribution in [0, 0.1) is 0 Å². The lowest BCUT2D eigenvalue weighted by molar-refractivity contribution is -0.119. The molecule has 4 heterocycles. The lowest BCUT2D eigenvalue weighted by Gasteiger charge is -2.26. The van der Waals surface area contributed by atoms with Gasteiger partial charge in [-0.05, 0) is 35.7 Å². The molecule has 0 aromatic carbocycles. The fourth-order valence-electron chi connectivity index (χ4n) is 3.55. The summed E-state index contributed by atoms with van der Waals surface area (Å²) < 4.78 is 5.21. The van der Waals surface area contributed by atoms with Gasteiger partial charge in [-0.2, -0.15) is 0 Å². The van der Waals surface area contributed by atoms with Crippen molar-refractivity contribution in [3.8, 4) is 0 Å². The Morgan fingerprint density at radius 1 is 1.32 bits per heavy atom. The molecule has 2 aromatic rings. The molecule has 3 amide bonds. The third kappa shape index (κ3) is 3.09. The van der Waals surface area contributed by atoms with Gasteiger partial charge in [0.2, 0.25) is 5.91 Å². The van der Waals surface area contributed by atoms with E-state index in [1.807, 2.05) is 0 Å². The molecule has 0 fully saturated rings. The molecule has 2 aliphatic heterocycles. The van der Waals surface area contributed by atoms with Crippen molar-refractivity contribution in [2.24, 2.45) is 0 Å². The van der Waals surface area contributed by atoms with Crippen molar-refractivity contribution in [3.05, 3.63) is 39.1 Å². The van der Waals surface area contributed by atoms with Crippen molar-refractivity contribution in [2.75, 3.05) is 38.2 Å². The highest BCUT2D eigenvalue weighted by atomic mass is 35.5. The summed E-state index contributed by atoms with van der Waals surface area (Å²) in [6.07, 6.45) is 0.502. The Bertz CT molecular complexity index is 969. The second kappa shape index (κ2) is 7.23. The van der Waals surface area contributed by atoms with E-state index in [0.29, 0.717) is 30.1 Å². The number of likely N-dealkylation sites (N-methyl/N-ethyl adjacent to an activating group) is 1. The van der Waals surface area contributed by atoms with Gasteiger partial charge in [0, 0.05) is 25.0 Å².